The van der Waals surface area contributed by atoms with Gasteiger partial charge < -0.3 is 24.6 Å². The Morgan fingerprint density at radius 3 is 2.77 bits per heavy atom. The van der Waals surface area contributed by atoms with Gasteiger partial charge in [0.15, 0.2) is 5.96 Å². The van der Waals surface area contributed by atoms with Crippen LogP contribution in [0.5, 0.6) is 0 Å². The number of guanidine groups is 1. The van der Waals surface area contributed by atoms with Gasteiger partial charge in [-0.15, -0.1) is 0 Å². The summed E-state index contributed by atoms with van der Waals surface area (Å²) in [5, 5.41) is 13.2. The molecule has 2 N–H and O–H groups in total. The number of hydrogen-bond acceptors (Lipinski definition) is 3. The van der Waals surface area contributed by atoms with Gasteiger partial charge in [0.1, 0.15) is 0 Å². The molecule has 0 spiro atoms. The van der Waals surface area contributed by atoms with Crippen molar-refractivity contribution in [1.29, 1.82) is 0 Å². The van der Waals surface area contributed by atoms with Crippen LogP contribution >= 0.6 is 0 Å². The lowest BCUT2D eigenvalue weighted by Gasteiger charge is -2.36. The van der Waals surface area contributed by atoms with Crippen LogP contribution in [0, 0.1) is 5.41 Å². The fourth-order valence-corrected chi connectivity index (χ4v) is 2.83. The minimum atomic E-state index is -0.0972. The molecule has 1 aliphatic rings. The predicted octanol–water partition coefficient (Wildman–Crippen LogP) is 0.821. The molecule has 6 nitrogen and oxygen atoms in total. The number of hydrogen-bond donors (Lipinski definition) is 2. The first-order chi connectivity index (χ1) is 10.6. The molecule has 1 aromatic rings. The van der Waals surface area contributed by atoms with E-state index in [1.807, 2.05) is 26.4 Å². The summed E-state index contributed by atoms with van der Waals surface area (Å²) >= 11 is 0. The van der Waals surface area contributed by atoms with Gasteiger partial charge in [0, 0.05) is 58.2 Å². The first-order valence-electron chi connectivity index (χ1n) is 7.81. The van der Waals surface area contributed by atoms with E-state index in [2.05, 4.69) is 25.8 Å². The van der Waals surface area contributed by atoms with Gasteiger partial charge in [-0.1, -0.05) is 0 Å². The van der Waals surface area contributed by atoms with Crippen molar-refractivity contribution in [3.8, 4) is 0 Å². The normalized spacial score (nSPS) is 18.3. The number of aliphatic hydroxyl groups excluding tert-OH is 1. The van der Waals surface area contributed by atoms with E-state index in [-0.39, 0.29) is 12.0 Å². The predicted molar refractivity (Wildman–Crippen MR) is 87.8 cm³/mol. The SMILES string of the molecule is CN=C(NCC1(CO)CCOCC1)N(C)Cc1cccn1C. The molecule has 0 aliphatic carbocycles. The van der Waals surface area contributed by atoms with Crippen molar-refractivity contribution in [3.05, 3.63) is 24.0 Å². The van der Waals surface area contributed by atoms with Crippen molar-refractivity contribution < 1.29 is 9.84 Å². The molecule has 1 aromatic heterocycles. The highest BCUT2D eigenvalue weighted by atomic mass is 16.5. The fourth-order valence-electron chi connectivity index (χ4n) is 2.83. The first-order valence-corrected chi connectivity index (χ1v) is 7.81. The zero-order valence-corrected chi connectivity index (χ0v) is 13.9. The quantitative estimate of drug-likeness (QED) is 0.624. The zero-order chi connectivity index (χ0) is 16.0. The van der Waals surface area contributed by atoms with Crippen molar-refractivity contribution in [2.75, 3.05) is 40.5 Å². The third-order valence-electron chi connectivity index (χ3n) is 4.53. The number of aryl methyl sites for hydroxylation is 1. The second kappa shape index (κ2) is 7.65. The Kier molecular flexibility index (Phi) is 5.85. The Hall–Kier alpha value is -1.53. The molecule has 1 saturated heterocycles. The zero-order valence-electron chi connectivity index (χ0n) is 13.9. The Bertz CT molecular complexity index is 492. The van der Waals surface area contributed by atoms with E-state index in [0.29, 0.717) is 0 Å². The van der Waals surface area contributed by atoms with E-state index in [4.69, 9.17) is 4.74 Å². The number of nitrogens with one attached hydrogen (secondary N) is 1. The van der Waals surface area contributed by atoms with Crippen LogP contribution in [0.3, 0.4) is 0 Å². The van der Waals surface area contributed by atoms with Crippen LogP contribution in [0.25, 0.3) is 0 Å². The standard InChI is InChI=1S/C16H28N4O2/c1-17-15(20(3)11-14-5-4-8-19(14)2)18-12-16(13-21)6-9-22-10-7-16/h4-5,8,21H,6-7,9-13H2,1-3H3,(H,17,18). The number of ether oxygens (including phenoxy) is 1. The van der Waals surface area contributed by atoms with E-state index < -0.39 is 0 Å². The molecule has 2 heterocycles. The Labute approximate surface area is 132 Å². The molecule has 1 fully saturated rings. The van der Waals surface area contributed by atoms with Gasteiger partial charge in [-0.2, -0.15) is 0 Å². The van der Waals surface area contributed by atoms with Crippen molar-refractivity contribution in [3.63, 3.8) is 0 Å². The average molecular weight is 308 g/mol. The highest BCUT2D eigenvalue weighted by molar-refractivity contribution is 5.79. The number of aromatic nitrogens is 1. The Morgan fingerprint density at radius 1 is 1.50 bits per heavy atom. The van der Waals surface area contributed by atoms with Crippen LogP contribution in [0.15, 0.2) is 23.3 Å². The maximum Gasteiger partial charge on any atom is 0.193 e. The lowest BCUT2D eigenvalue weighted by molar-refractivity contribution is -0.0134. The molecule has 1 aliphatic heterocycles. The molecule has 0 radical (unpaired) electrons. The van der Waals surface area contributed by atoms with Crippen LogP contribution in [0.4, 0.5) is 0 Å². The largest absolute Gasteiger partial charge is 0.396 e. The van der Waals surface area contributed by atoms with Crippen LogP contribution < -0.4 is 5.32 Å². The van der Waals surface area contributed by atoms with Crippen molar-refractivity contribution >= 4 is 5.96 Å². The monoisotopic (exact) mass is 308 g/mol. The second-order valence-corrected chi connectivity index (χ2v) is 6.14. The van der Waals surface area contributed by atoms with E-state index in [0.717, 1.165) is 45.1 Å². The van der Waals surface area contributed by atoms with Crippen molar-refractivity contribution in [2.24, 2.45) is 17.5 Å². The van der Waals surface area contributed by atoms with Crippen LogP contribution in [0.2, 0.25) is 0 Å². The average Bonchev–Trinajstić information content (AvgIpc) is 2.94. The molecule has 6 heteroatoms. The minimum Gasteiger partial charge on any atom is -0.396 e. The summed E-state index contributed by atoms with van der Waals surface area (Å²) in [6.07, 6.45) is 3.81. The van der Waals surface area contributed by atoms with Crippen LogP contribution in [-0.2, 0) is 18.3 Å². The summed E-state index contributed by atoms with van der Waals surface area (Å²) in [4.78, 5) is 6.45. The topological polar surface area (TPSA) is 62.0 Å². The summed E-state index contributed by atoms with van der Waals surface area (Å²) in [5.74, 6) is 0.848. The molecule has 0 bridgehead atoms. The molecule has 2 rings (SSSR count). The minimum absolute atomic E-state index is 0.0972. The number of nitrogens with zero attached hydrogens (tertiary/aromatic N) is 3. The van der Waals surface area contributed by atoms with Gasteiger partial charge in [-0.3, -0.25) is 4.99 Å². The number of aliphatic hydroxyl groups is 1. The Balaban J connectivity index is 1.92. The summed E-state index contributed by atoms with van der Waals surface area (Å²) in [6, 6.07) is 4.15. The maximum absolute atomic E-state index is 9.76. The first kappa shape index (κ1) is 16.8. The number of aliphatic imine (C=N–C) groups is 1. The molecule has 0 amide bonds. The van der Waals surface area contributed by atoms with E-state index >= 15 is 0 Å². The summed E-state index contributed by atoms with van der Waals surface area (Å²) in [5.41, 5.74) is 1.13. The molecule has 0 unspecified atom stereocenters. The Morgan fingerprint density at radius 2 is 2.23 bits per heavy atom. The fraction of sp³-hybridized carbons (Fsp3) is 0.688. The van der Waals surface area contributed by atoms with Gasteiger partial charge >= 0.3 is 0 Å². The maximum atomic E-state index is 9.76. The smallest absolute Gasteiger partial charge is 0.193 e. The van der Waals surface area contributed by atoms with Gasteiger partial charge in [-0.25, -0.2) is 0 Å². The third-order valence-corrected chi connectivity index (χ3v) is 4.53. The molecule has 0 atom stereocenters. The lowest BCUT2D eigenvalue weighted by atomic mass is 9.81. The van der Waals surface area contributed by atoms with E-state index in [1.54, 1.807) is 7.05 Å². The van der Waals surface area contributed by atoms with E-state index in [9.17, 15) is 5.11 Å². The van der Waals surface area contributed by atoms with Gasteiger partial charge in [0.2, 0.25) is 0 Å². The molecule has 0 saturated carbocycles. The summed E-state index contributed by atoms with van der Waals surface area (Å²) in [6.45, 7) is 3.14. The van der Waals surface area contributed by atoms with E-state index in [1.165, 1.54) is 5.69 Å². The second-order valence-electron chi connectivity index (χ2n) is 6.14. The van der Waals surface area contributed by atoms with Crippen molar-refractivity contribution in [2.45, 2.75) is 19.4 Å². The number of rotatable bonds is 5. The third kappa shape index (κ3) is 4.01. The highest BCUT2D eigenvalue weighted by Gasteiger charge is 2.32. The highest BCUT2D eigenvalue weighted by Crippen LogP contribution is 2.29. The van der Waals surface area contributed by atoms with Crippen molar-refractivity contribution in [1.82, 2.24) is 14.8 Å². The molecular weight excluding hydrogens is 280 g/mol. The molecular formula is C16H28N4O2. The summed E-state index contributed by atoms with van der Waals surface area (Å²) < 4.78 is 7.52. The molecule has 22 heavy (non-hydrogen) atoms. The lowest BCUT2D eigenvalue weighted by Crippen LogP contribution is -2.47. The molecule has 0 aromatic carbocycles. The van der Waals surface area contributed by atoms with Gasteiger partial charge in [0.05, 0.1) is 13.2 Å². The van der Waals surface area contributed by atoms with Gasteiger partial charge in [0.25, 0.3) is 0 Å². The van der Waals surface area contributed by atoms with Gasteiger partial charge in [-0.05, 0) is 25.0 Å². The van der Waals surface area contributed by atoms with Crippen LogP contribution in [-0.4, -0.2) is 61.0 Å². The van der Waals surface area contributed by atoms with Crippen LogP contribution in [0.1, 0.15) is 18.5 Å². The molecule has 124 valence electrons. The summed E-state index contributed by atoms with van der Waals surface area (Å²) in [7, 11) is 5.86.